The molecule has 0 atom stereocenters. The topological polar surface area (TPSA) is 60.2 Å². The van der Waals surface area contributed by atoms with Gasteiger partial charge in [0.2, 0.25) is 0 Å². The van der Waals surface area contributed by atoms with Crippen LogP contribution in [0.3, 0.4) is 0 Å². The van der Waals surface area contributed by atoms with Crippen molar-refractivity contribution in [2.45, 2.75) is 17.6 Å². The number of sulfone groups is 1. The van der Waals surface area contributed by atoms with E-state index in [0.717, 1.165) is 6.07 Å². The highest BCUT2D eigenvalue weighted by molar-refractivity contribution is 7.90. The van der Waals surface area contributed by atoms with Crippen LogP contribution in [-0.2, 0) is 15.6 Å². The predicted octanol–water partition coefficient (Wildman–Crippen LogP) is 3.34. The zero-order valence-electron chi connectivity index (χ0n) is 10.7. The molecule has 0 aliphatic carbocycles. The second-order valence-electron chi connectivity index (χ2n) is 4.53. The van der Waals surface area contributed by atoms with Gasteiger partial charge >= 0.3 is 0 Å². The van der Waals surface area contributed by atoms with Gasteiger partial charge in [0.05, 0.1) is 15.7 Å². The van der Waals surface area contributed by atoms with Crippen LogP contribution in [0.5, 0.6) is 0 Å². The molecule has 0 aliphatic heterocycles. The Balaban J connectivity index is 2.40. The van der Waals surface area contributed by atoms with E-state index in [0.29, 0.717) is 16.8 Å². The third-order valence-electron chi connectivity index (χ3n) is 2.89. The fourth-order valence-electron chi connectivity index (χ4n) is 1.88. The molecule has 0 saturated heterocycles. The largest absolute Gasteiger partial charge is 0.399 e. The maximum absolute atomic E-state index is 13.1. The van der Waals surface area contributed by atoms with Crippen molar-refractivity contribution in [2.75, 3.05) is 5.73 Å². The monoisotopic (exact) mass is 313 g/mol. The molecule has 0 aliphatic rings. The van der Waals surface area contributed by atoms with Gasteiger partial charge < -0.3 is 5.73 Å². The molecular formula is C14H13ClFNO2S. The van der Waals surface area contributed by atoms with Crippen molar-refractivity contribution in [3.05, 3.63) is 58.4 Å². The predicted molar refractivity (Wildman–Crippen MR) is 77.9 cm³/mol. The molecule has 3 nitrogen and oxygen atoms in total. The van der Waals surface area contributed by atoms with Crippen LogP contribution in [0.4, 0.5) is 10.1 Å². The second kappa shape index (κ2) is 5.42. The summed E-state index contributed by atoms with van der Waals surface area (Å²) in [5.41, 5.74) is 7.05. The lowest BCUT2D eigenvalue weighted by molar-refractivity contribution is 0.594. The lowest BCUT2D eigenvalue weighted by Gasteiger charge is -2.09. The number of hydrogen-bond donors (Lipinski definition) is 1. The number of nitrogen functional groups attached to an aromatic ring is 1. The van der Waals surface area contributed by atoms with Gasteiger partial charge in [0.1, 0.15) is 5.82 Å². The first-order valence-corrected chi connectivity index (χ1v) is 7.85. The van der Waals surface area contributed by atoms with E-state index in [1.165, 1.54) is 18.2 Å². The first kappa shape index (κ1) is 14.8. The molecule has 106 valence electrons. The van der Waals surface area contributed by atoms with Gasteiger partial charge in [-0.3, -0.25) is 0 Å². The number of aryl methyl sites for hydroxylation is 1. The zero-order chi connectivity index (χ0) is 14.9. The molecule has 2 N–H and O–H groups in total. The van der Waals surface area contributed by atoms with Gasteiger partial charge in [0.15, 0.2) is 9.84 Å². The molecule has 0 heterocycles. The molecule has 0 bridgehead atoms. The number of hydrogen-bond acceptors (Lipinski definition) is 3. The summed E-state index contributed by atoms with van der Waals surface area (Å²) in [6.07, 6.45) is 0. The molecular weight excluding hydrogens is 301 g/mol. The van der Waals surface area contributed by atoms with Crippen LogP contribution in [0.25, 0.3) is 0 Å². The number of halogens is 2. The van der Waals surface area contributed by atoms with Crippen LogP contribution in [0.15, 0.2) is 41.3 Å². The van der Waals surface area contributed by atoms with Crippen molar-refractivity contribution in [1.29, 1.82) is 0 Å². The van der Waals surface area contributed by atoms with Crippen molar-refractivity contribution >= 4 is 27.1 Å². The van der Waals surface area contributed by atoms with Gasteiger partial charge in [-0.1, -0.05) is 23.7 Å². The van der Waals surface area contributed by atoms with Gasteiger partial charge in [-0.25, -0.2) is 12.8 Å². The molecule has 2 aromatic carbocycles. The van der Waals surface area contributed by atoms with E-state index in [-0.39, 0.29) is 15.7 Å². The summed E-state index contributed by atoms with van der Waals surface area (Å²) >= 11 is 5.66. The number of nitrogens with two attached hydrogens (primary N) is 1. The first-order chi connectivity index (χ1) is 9.29. The van der Waals surface area contributed by atoms with Crippen LogP contribution < -0.4 is 5.73 Å². The van der Waals surface area contributed by atoms with Gasteiger partial charge in [-0.05, 0) is 42.3 Å². The summed E-state index contributed by atoms with van der Waals surface area (Å²) in [5.74, 6) is -0.829. The summed E-state index contributed by atoms with van der Waals surface area (Å²) in [6, 6.07) is 8.59. The lowest BCUT2D eigenvalue weighted by Crippen LogP contribution is -2.07. The lowest BCUT2D eigenvalue weighted by atomic mass is 10.2. The minimum Gasteiger partial charge on any atom is -0.399 e. The average molecular weight is 314 g/mol. The zero-order valence-corrected chi connectivity index (χ0v) is 12.3. The Labute approximate surface area is 122 Å². The van der Waals surface area contributed by atoms with Crippen LogP contribution in [-0.4, -0.2) is 8.42 Å². The van der Waals surface area contributed by atoms with E-state index >= 15 is 0 Å². The van der Waals surface area contributed by atoms with E-state index in [9.17, 15) is 12.8 Å². The van der Waals surface area contributed by atoms with Crippen LogP contribution in [0.1, 0.15) is 11.1 Å². The van der Waals surface area contributed by atoms with Crippen molar-refractivity contribution in [1.82, 2.24) is 0 Å². The minimum absolute atomic E-state index is 0.0954. The van der Waals surface area contributed by atoms with Gasteiger partial charge in [0.25, 0.3) is 0 Å². The van der Waals surface area contributed by atoms with E-state index in [1.54, 1.807) is 19.1 Å². The number of rotatable bonds is 3. The molecule has 6 heteroatoms. The highest BCUT2D eigenvalue weighted by atomic mass is 35.5. The van der Waals surface area contributed by atoms with Crippen molar-refractivity contribution < 1.29 is 12.8 Å². The van der Waals surface area contributed by atoms with E-state index < -0.39 is 15.7 Å². The Morgan fingerprint density at radius 2 is 1.90 bits per heavy atom. The van der Waals surface area contributed by atoms with E-state index in [4.69, 9.17) is 17.3 Å². The molecule has 2 aromatic rings. The molecule has 2 rings (SSSR count). The second-order valence-corrected chi connectivity index (χ2v) is 6.90. The molecule has 0 aromatic heterocycles. The third-order valence-corrected chi connectivity index (χ3v) is 5.00. The number of benzene rings is 2. The molecule has 0 unspecified atom stereocenters. The van der Waals surface area contributed by atoms with Crippen molar-refractivity contribution in [2.24, 2.45) is 0 Å². The Hall–Kier alpha value is -1.59. The smallest absolute Gasteiger partial charge is 0.182 e. The quantitative estimate of drug-likeness (QED) is 0.884. The molecule has 0 saturated carbocycles. The fraction of sp³-hybridized carbons (Fsp3) is 0.143. The highest BCUT2D eigenvalue weighted by Crippen LogP contribution is 2.24. The summed E-state index contributed by atoms with van der Waals surface area (Å²) in [4.78, 5) is 0.179. The Kier molecular flexibility index (Phi) is 4.01. The summed E-state index contributed by atoms with van der Waals surface area (Å²) in [5, 5.41) is -0.0954. The Bertz CT molecular complexity index is 760. The van der Waals surface area contributed by atoms with E-state index in [1.807, 2.05) is 0 Å². The molecule has 0 radical (unpaired) electrons. The fourth-order valence-corrected chi connectivity index (χ4v) is 3.73. The Morgan fingerprint density at radius 1 is 1.20 bits per heavy atom. The highest BCUT2D eigenvalue weighted by Gasteiger charge is 2.18. The summed E-state index contributed by atoms with van der Waals surface area (Å²) < 4.78 is 37.8. The van der Waals surface area contributed by atoms with Gasteiger partial charge in [0, 0.05) is 5.69 Å². The SMILES string of the molecule is Cc1ccc(N)cc1S(=O)(=O)Cc1ccc(F)c(Cl)c1. The van der Waals surface area contributed by atoms with Crippen LogP contribution in [0.2, 0.25) is 5.02 Å². The standard InChI is InChI=1S/C14H13ClFNO2S/c1-9-2-4-11(17)7-14(9)20(18,19)8-10-3-5-13(16)12(15)6-10/h2-7H,8,17H2,1H3. The van der Waals surface area contributed by atoms with Crippen LogP contribution >= 0.6 is 11.6 Å². The number of anilines is 1. The van der Waals surface area contributed by atoms with Crippen molar-refractivity contribution in [3.8, 4) is 0 Å². The minimum atomic E-state index is -3.56. The molecule has 0 fully saturated rings. The Morgan fingerprint density at radius 3 is 2.55 bits per heavy atom. The van der Waals surface area contributed by atoms with Crippen molar-refractivity contribution in [3.63, 3.8) is 0 Å². The van der Waals surface area contributed by atoms with Gasteiger partial charge in [-0.2, -0.15) is 0 Å². The third kappa shape index (κ3) is 3.11. The average Bonchev–Trinajstić information content (AvgIpc) is 2.36. The maximum atomic E-state index is 13.1. The summed E-state index contributed by atoms with van der Waals surface area (Å²) in [7, 11) is -3.56. The normalized spacial score (nSPS) is 11.6. The molecule has 0 spiro atoms. The maximum Gasteiger partial charge on any atom is 0.182 e. The molecule has 20 heavy (non-hydrogen) atoms. The summed E-state index contributed by atoms with van der Waals surface area (Å²) in [6.45, 7) is 1.70. The van der Waals surface area contributed by atoms with Crippen LogP contribution in [0, 0.1) is 12.7 Å². The first-order valence-electron chi connectivity index (χ1n) is 5.82. The molecule has 0 amide bonds. The van der Waals surface area contributed by atoms with E-state index in [2.05, 4.69) is 0 Å². The van der Waals surface area contributed by atoms with Gasteiger partial charge in [-0.15, -0.1) is 0 Å².